The predicted octanol–water partition coefficient (Wildman–Crippen LogP) is 2.51. The number of hydrogen-bond donors (Lipinski definition) is 2. The van der Waals surface area contributed by atoms with E-state index in [9.17, 15) is 23.9 Å². The Balaban J connectivity index is 1.69. The van der Waals surface area contributed by atoms with Crippen LogP contribution in [0.1, 0.15) is 45.1 Å². The number of nitrogens with one attached hydrogen (secondary N) is 1. The average molecular weight is 375 g/mol. The molecule has 2 N–H and O–H groups in total. The third kappa shape index (κ3) is 3.99. The first kappa shape index (κ1) is 18.6. The lowest BCUT2D eigenvalue weighted by Crippen LogP contribution is -2.40. The number of halogens is 1. The van der Waals surface area contributed by atoms with Gasteiger partial charge in [0.1, 0.15) is 17.3 Å². The fourth-order valence-electron chi connectivity index (χ4n) is 2.99. The zero-order valence-electron chi connectivity index (χ0n) is 14.6. The highest BCUT2D eigenvalue weighted by atomic mass is 19.1. The lowest BCUT2D eigenvalue weighted by molar-refractivity contribution is -0.144. The van der Waals surface area contributed by atoms with Crippen molar-refractivity contribution >= 4 is 17.7 Å². The second-order valence-electron chi connectivity index (χ2n) is 6.24. The Morgan fingerprint density at radius 3 is 2.63 bits per heavy atom. The molecular weight excluding hydrogens is 357 g/mol. The Morgan fingerprint density at radius 1 is 1.30 bits per heavy atom. The van der Waals surface area contributed by atoms with E-state index >= 15 is 0 Å². The number of Topliss-reactive ketones (excluding diaryl/α,β-unsaturated/α-hetero) is 1. The van der Waals surface area contributed by atoms with Gasteiger partial charge in [0.05, 0.1) is 12.1 Å². The third-order valence-corrected chi connectivity index (χ3v) is 4.33. The molecular formula is C19H18FNO6. The molecule has 7 nitrogen and oxygen atoms in total. The summed E-state index contributed by atoms with van der Waals surface area (Å²) in [5.74, 6) is -1.79. The van der Waals surface area contributed by atoms with Crippen molar-refractivity contribution in [3.8, 4) is 5.75 Å². The molecule has 1 aromatic carbocycles. The predicted molar refractivity (Wildman–Crippen MR) is 91.5 cm³/mol. The van der Waals surface area contributed by atoms with E-state index in [1.54, 1.807) is 6.92 Å². The molecule has 1 unspecified atom stereocenters. The largest absolute Gasteiger partial charge is 0.478 e. The molecule has 2 aromatic rings. The Kier molecular flexibility index (Phi) is 5.25. The van der Waals surface area contributed by atoms with Crippen LogP contribution in [0.15, 0.2) is 28.7 Å². The number of aryl methyl sites for hydroxylation is 1. The number of ether oxygens (including phenoxy) is 1. The lowest BCUT2D eigenvalue weighted by atomic mass is 9.94. The van der Waals surface area contributed by atoms with Gasteiger partial charge in [0.2, 0.25) is 6.10 Å². The Labute approximate surface area is 154 Å². The van der Waals surface area contributed by atoms with E-state index in [4.69, 9.17) is 9.15 Å². The van der Waals surface area contributed by atoms with Crippen molar-refractivity contribution in [3.05, 3.63) is 52.7 Å². The van der Waals surface area contributed by atoms with Gasteiger partial charge in [0.25, 0.3) is 5.91 Å². The van der Waals surface area contributed by atoms with E-state index < -0.39 is 23.8 Å². The lowest BCUT2D eigenvalue weighted by Gasteiger charge is -2.15. The summed E-state index contributed by atoms with van der Waals surface area (Å²) in [6.07, 6.45) is 0.305. The number of carboxylic acids is 1. The van der Waals surface area contributed by atoms with Crippen molar-refractivity contribution in [2.24, 2.45) is 0 Å². The zero-order chi connectivity index (χ0) is 19.6. The van der Waals surface area contributed by atoms with Gasteiger partial charge >= 0.3 is 5.97 Å². The molecule has 1 aliphatic carbocycles. The number of benzene rings is 1. The maximum atomic E-state index is 12.9. The molecule has 0 fully saturated rings. The van der Waals surface area contributed by atoms with E-state index in [0.29, 0.717) is 36.1 Å². The fourth-order valence-corrected chi connectivity index (χ4v) is 2.99. The van der Waals surface area contributed by atoms with Crippen molar-refractivity contribution in [3.63, 3.8) is 0 Å². The molecule has 1 atom stereocenters. The van der Waals surface area contributed by atoms with Crippen molar-refractivity contribution in [1.82, 2.24) is 5.32 Å². The molecule has 0 bridgehead atoms. The molecule has 1 heterocycles. The maximum Gasteiger partial charge on any atom is 0.346 e. The molecule has 1 aliphatic rings. The van der Waals surface area contributed by atoms with Gasteiger partial charge in [-0.3, -0.25) is 9.59 Å². The van der Waals surface area contributed by atoms with E-state index in [1.807, 2.05) is 0 Å². The van der Waals surface area contributed by atoms with E-state index in [-0.39, 0.29) is 23.8 Å². The van der Waals surface area contributed by atoms with Crippen molar-refractivity contribution in [1.29, 1.82) is 0 Å². The molecule has 0 radical (unpaired) electrons. The maximum absolute atomic E-state index is 12.9. The number of fused-ring (bicyclic) bond motifs is 1. The Hall–Kier alpha value is -3.16. The number of aliphatic carboxylic acids is 1. The third-order valence-electron chi connectivity index (χ3n) is 4.33. The molecule has 0 saturated carbocycles. The number of hydrogen-bond acceptors (Lipinski definition) is 5. The van der Waals surface area contributed by atoms with Crippen LogP contribution in [-0.4, -0.2) is 35.4 Å². The topological polar surface area (TPSA) is 106 Å². The van der Waals surface area contributed by atoms with Crippen LogP contribution in [0.25, 0.3) is 0 Å². The number of ketones is 1. The number of amides is 1. The number of rotatable bonds is 6. The minimum absolute atomic E-state index is 0.00108. The number of furan rings is 1. The quantitative estimate of drug-likeness (QED) is 0.804. The van der Waals surface area contributed by atoms with Gasteiger partial charge in [0, 0.05) is 18.4 Å². The second kappa shape index (κ2) is 7.61. The summed E-state index contributed by atoms with van der Waals surface area (Å²) in [5, 5.41) is 11.7. The van der Waals surface area contributed by atoms with Gasteiger partial charge in [-0.25, -0.2) is 9.18 Å². The number of carbonyl (C=O) groups excluding carboxylic acids is 2. The molecule has 1 aromatic heterocycles. The molecule has 27 heavy (non-hydrogen) atoms. The summed E-state index contributed by atoms with van der Waals surface area (Å²) >= 11 is 0. The number of carbonyl (C=O) groups is 3. The summed E-state index contributed by atoms with van der Waals surface area (Å²) in [6, 6.07) is 4.87. The monoisotopic (exact) mass is 375 g/mol. The first-order valence-electron chi connectivity index (χ1n) is 8.45. The molecule has 0 aliphatic heterocycles. The second-order valence-corrected chi connectivity index (χ2v) is 6.24. The molecule has 8 heteroatoms. The van der Waals surface area contributed by atoms with Crippen molar-refractivity contribution in [2.75, 3.05) is 6.54 Å². The normalized spacial score (nSPS) is 14.4. The molecule has 0 spiro atoms. The highest BCUT2D eigenvalue weighted by Crippen LogP contribution is 2.29. The highest BCUT2D eigenvalue weighted by Gasteiger charge is 2.29. The summed E-state index contributed by atoms with van der Waals surface area (Å²) in [6.45, 7) is 1.30. The van der Waals surface area contributed by atoms with Gasteiger partial charge < -0.3 is 19.6 Å². The van der Waals surface area contributed by atoms with Gasteiger partial charge in [-0.15, -0.1) is 0 Å². The summed E-state index contributed by atoms with van der Waals surface area (Å²) in [4.78, 5) is 35.8. The van der Waals surface area contributed by atoms with Crippen LogP contribution < -0.4 is 10.1 Å². The SMILES string of the molecule is Cc1c(C(=O)NCC(Oc2ccc(F)cc2)C(=O)O)oc2c1C(=O)CCC2. The van der Waals surface area contributed by atoms with Crippen LogP contribution in [0, 0.1) is 12.7 Å². The summed E-state index contributed by atoms with van der Waals surface area (Å²) in [7, 11) is 0. The standard InChI is InChI=1S/C19H18FNO6/c1-10-16-13(22)3-2-4-14(16)27-17(10)18(23)21-9-15(19(24)25)26-12-7-5-11(20)6-8-12/h5-8,15H,2-4,9H2,1H3,(H,21,23)(H,24,25). The van der Waals surface area contributed by atoms with E-state index in [0.717, 1.165) is 12.1 Å². The van der Waals surface area contributed by atoms with Crippen molar-refractivity contribution in [2.45, 2.75) is 32.3 Å². The fraction of sp³-hybridized carbons (Fsp3) is 0.316. The highest BCUT2D eigenvalue weighted by molar-refractivity contribution is 6.03. The van der Waals surface area contributed by atoms with Crippen molar-refractivity contribution < 1.29 is 33.0 Å². The summed E-state index contributed by atoms with van der Waals surface area (Å²) in [5.41, 5.74) is 0.905. The van der Waals surface area contributed by atoms with Crippen LogP contribution >= 0.6 is 0 Å². The van der Waals surface area contributed by atoms with Gasteiger partial charge in [-0.2, -0.15) is 0 Å². The van der Waals surface area contributed by atoms with Crippen LogP contribution in [0.5, 0.6) is 5.75 Å². The molecule has 1 amide bonds. The minimum Gasteiger partial charge on any atom is -0.478 e. The van der Waals surface area contributed by atoms with E-state index in [2.05, 4.69) is 5.32 Å². The first-order valence-corrected chi connectivity index (χ1v) is 8.45. The Bertz CT molecular complexity index is 886. The zero-order valence-corrected chi connectivity index (χ0v) is 14.6. The Morgan fingerprint density at radius 2 is 2.00 bits per heavy atom. The smallest absolute Gasteiger partial charge is 0.346 e. The number of carboxylic acid groups (broad SMARTS) is 1. The average Bonchev–Trinajstić information content (AvgIpc) is 2.98. The molecule has 0 saturated heterocycles. The summed E-state index contributed by atoms with van der Waals surface area (Å²) < 4.78 is 23.7. The van der Waals surface area contributed by atoms with Gasteiger partial charge in [0.15, 0.2) is 11.5 Å². The molecule has 142 valence electrons. The van der Waals surface area contributed by atoms with Gasteiger partial charge in [-0.05, 0) is 37.6 Å². The van der Waals surface area contributed by atoms with E-state index in [1.165, 1.54) is 12.1 Å². The van der Waals surface area contributed by atoms with Crippen LogP contribution in [-0.2, 0) is 11.2 Å². The van der Waals surface area contributed by atoms with Crippen LogP contribution in [0.2, 0.25) is 0 Å². The van der Waals surface area contributed by atoms with Crippen LogP contribution in [0.4, 0.5) is 4.39 Å². The minimum atomic E-state index is -1.37. The first-order chi connectivity index (χ1) is 12.9. The molecule has 3 rings (SSSR count). The van der Waals surface area contributed by atoms with Gasteiger partial charge in [-0.1, -0.05) is 0 Å². The van der Waals surface area contributed by atoms with Crippen LogP contribution in [0.3, 0.4) is 0 Å².